The number of carbonyl (C=O) groups excluding carboxylic acids is 1. The van der Waals surface area contributed by atoms with Crippen molar-refractivity contribution in [2.24, 2.45) is 5.92 Å². The van der Waals surface area contributed by atoms with Gasteiger partial charge >= 0.3 is 6.03 Å². The van der Waals surface area contributed by atoms with Gasteiger partial charge in [-0.1, -0.05) is 49.4 Å². The van der Waals surface area contributed by atoms with Crippen molar-refractivity contribution < 1.29 is 4.79 Å². The van der Waals surface area contributed by atoms with Crippen LogP contribution in [0.15, 0.2) is 54.6 Å². The predicted octanol–water partition coefficient (Wildman–Crippen LogP) is 3.98. The van der Waals surface area contributed by atoms with E-state index in [2.05, 4.69) is 30.2 Å². The first-order valence-electron chi connectivity index (χ1n) is 8.82. The minimum absolute atomic E-state index is 0.00882. The molecule has 0 bridgehead atoms. The number of nitrogens with zero attached hydrogens (tertiary/aromatic N) is 1. The van der Waals surface area contributed by atoms with Crippen LogP contribution in [0, 0.1) is 12.3 Å². The number of hydrazine groups is 1. The quantitative estimate of drug-likeness (QED) is 0.823. The molecule has 0 spiro atoms. The third-order valence-electron chi connectivity index (χ3n) is 4.74. The highest BCUT2D eigenvalue weighted by Crippen LogP contribution is 2.23. The van der Waals surface area contributed by atoms with Crippen LogP contribution in [0.2, 0.25) is 0 Å². The Morgan fingerprint density at radius 1 is 1.04 bits per heavy atom. The predicted molar refractivity (Wildman–Crippen MR) is 98.4 cm³/mol. The Bertz CT molecular complexity index is 588. The van der Waals surface area contributed by atoms with E-state index < -0.39 is 0 Å². The Labute approximate surface area is 144 Å². The SMILES string of the molecule is CC1CCC(NC(=O)NN(c2ccccc2)C2[CH]C=CC=C2)CC1. The molecule has 2 amide bonds. The largest absolute Gasteiger partial charge is 0.334 e. The number of carbonyl (C=O) groups is 1. The highest BCUT2D eigenvalue weighted by Gasteiger charge is 2.23. The Hall–Kier alpha value is -2.23. The lowest BCUT2D eigenvalue weighted by molar-refractivity contribution is 0.227. The van der Waals surface area contributed by atoms with Gasteiger partial charge in [-0.3, -0.25) is 5.01 Å². The van der Waals surface area contributed by atoms with Crippen molar-refractivity contribution in [2.45, 2.75) is 44.7 Å². The van der Waals surface area contributed by atoms with E-state index in [9.17, 15) is 4.79 Å². The number of amides is 2. The zero-order valence-corrected chi connectivity index (χ0v) is 14.2. The van der Waals surface area contributed by atoms with Gasteiger partial charge in [-0.05, 0) is 43.7 Å². The van der Waals surface area contributed by atoms with Gasteiger partial charge < -0.3 is 5.32 Å². The van der Waals surface area contributed by atoms with Crippen molar-refractivity contribution in [2.75, 3.05) is 5.01 Å². The molecule has 4 nitrogen and oxygen atoms in total. The number of hydrogen-bond acceptors (Lipinski definition) is 2. The van der Waals surface area contributed by atoms with E-state index in [4.69, 9.17) is 0 Å². The van der Waals surface area contributed by atoms with Crippen LogP contribution in [0.4, 0.5) is 10.5 Å². The minimum atomic E-state index is -0.130. The second-order valence-corrected chi connectivity index (χ2v) is 6.70. The maximum atomic E-state index is 12.5. The summed E-state index contributed by atoms with van der Waals surface area (Å²) in [6, 6.07) is 10.1. The Balaban J connectivity index is 1.64. The molecule has 1 atom stereocenters. The van der Waals surface area contributed by atoms with Crippen LogP contribution in [-0.2, 0) is 0 Å². The third-order valence-corrected chi connectivity index (χ3v) is 4.74. The van der Waals surface area contributed by atoms with Gasteiger partial charge in [0.25, 0.3) is 0 Å². The van der Waals surface area contributed by atoms with Gasteiger partial charge in [-0.2, -0.15) is 0 Å². The van der Waals surface area contributed by atoms with Crippen LogP contribution in [0.5, 0.6) is 0 Å². The average Bonchev–Trinajstić information content (AvgIpc) is 2.63. The topological polar surface area (TPSA) is 44.4 Å². The Kier molecular flexibility index (Phi) is 5.57. The molecule has 4 heteroatoms. The van der Waals surface area contributed by atoms with Crippen molar-refractivity contribution in [3.8, 4) is 0 Å². The van der Waals surface area contributed by atoms with E-state index in [0.29, 0.717) is 0 Å². The highest BCUT2D eigenvalue weighted by molar-refractivity contribution is 5.76. The Morgan fingerprint density at radius 2 is 1.79 bits per heavy atom. The standard InChI is InChI=1S/C20H26N3O/c1-16-12-14-17(15-13-16)21-20(24)22-23(18-8-4-2-5-9-18)19-10-6-3-7-11-19/h2-11,16-18H,12-15H2,1H3,(H2,21,22,24). The van der Waals surface area contributed by atoms with Gasteiger partial charge in [0.2, 0.25) is 0 Å². The molecule has 1 saturated carbocycles. The normalized spacial score (nSPS) is 26.0. The number of rotatable bonds is 4. The molecule has 1 aromatic carbocycles. The van der Waals surface area contributed by atoms with Crippen LogP contribution >= 0.6 is 0 Å². The number of urea groups is 1. The zero-order valence-electron chi connectivity index (χ0n) is 14.2. The van der Waals surface area contributed by atoms with Gasteiger partial charge in [0.1, 0.15) is 0 Å². The number of nitrogens with one attached hydrogen (secondary N) is 2. The fourth-order valence-corrected chi connectivity index (χ4v) is 3.29. The van der Waals surface area contributed by atoms with Crippen LogP contribution in [-0.4, -0.2) is 18.1 Å². The van der Waals surface area contributed by atoms with Crippen LogP contribution in [0.3, 0.4) is 0 Å². The number of allylic oxidation sites excluding steroid dienone is 2. The summed E-state index contributed by atoms with van der Waals surface area (Å²) >= 11 is 0. The molecule has 1 radical (unpaired) electrons. The van der Waals surface area contributed by atoms with E-state index in [1.165, 1.54) is 12.8 Å². The molecule has 1 aromatic rings. The van der Waals surface area contributed by atoms with E-state index in [-0.39, 0.29) is 18.1 Å². The summed E-state index contributed by atoms with van der Waals surface area (Å²) in [5, 5.41) is 5.03. The Morgan fingerprint density at radius 3 is 2.46 bits per heavy atom. The summed E-state index contributed by atoms with van der Waals surface area (Å²) in [6.45, 7) is 2.28. The number of anilines is 1. The van der Waals surface area contributed by atoms with E-state index in [1.807, 2.05) is 53.6 Å². The third kappa shape index (κ3) is 4.40. The first-order chi connectivity index (χ1) is 11.7. The van der Waals surface area contributed by atoms with Crippen LogP contribution in [0.1, 0.15) is 32.6 Å². The van der Waals surface area contributed by atoms with E-state index >= 15 is 0 Å². The molecular formula is C20H26N3O. The average molecular weight is 324 g/mol. The molecule has 0 saturated heterocycles. The number of hydrogen-bond donors (Lipinski definition) is 2. The molecular weight excluding hydrogens is 298 g/mol. The van der Waals surface area contributed by atoms with Crippen LogP contribution in [0.25, 0.3) is 0 Å². The lowest BCUT2D eigenvalue weighted by Crippen LogP contribution is -2.54. The fraction of sp³-hybridized carbons (Fsp3) is 0.400. The van der Waals surface area contributed by atoms with Crippen LogP contribution < -0.4 is 15.8 Å². The second-order valence-electron chi connectivity index (χ2n) is 6.70. The molecule has 127 valence electrons. The monoisotopic (exact) mass is 324 g/mol. The highest BCUT2D eigenvalue weighted by atomic mass is 16.2. The van der Waals surface area contributed by atoms with E-state index in [1.54, 1.807) is 0 Å². The molecule has 24 heavy (non-hydrogen) atoms. The maximum Gasteiger partial charge on any atom is 0.333 e. The molecule has 2 N–H and O–H groups in total. The summed E-state index contributed by atoms with van der Waals surface area (Å²) < 4.78 is 0. The minimum Gasteiger partial charge on any atom is -0.334 e. The molecule has 1 fully saturated rings. The molecule has 1 unspecified atom stereocenters. The fourth-order valence-electron chi connectivity index (χ4n) is 3.29. The smallest absolute Gasteiger partial charge is 0.333 e. The maximum absolute atomic E-state index is 12.5. The van der Waals surface area contributed by atoms with Gasteiger partial charge in [-0.25, -0.2) is 10.2 Å². The van der Waals surface area contributed by atoms with Gasteiger partial charge in [-0.15, -0.1) is 0 Å². The first-order valence-corrected chi connectivity index (χ1v) is 8.82. The first kappa shape index (κ1) is 16.6. The van der Waals surface area contributed by atoms with Crippen molar-refractivity contribution >= 4 is 11.7 Å². The lowest BCUT2D eigenvalue weighted by atomic mass is 9.87. The zero-order chi connectivity index (χ0) is 16.8. The summed E-state index contributed by atoms with van der Waals surface area (Å²) in [4.78, 5) is 12.5. The summed E-state index contributed by atoms with van der Waals surface area (Å²) in [5.74, 6) is 0.778. The number of para-hydroxylation sites is 1. The van der Waals surface area contributed by atoms with Gasteiger partial charge in [0, 0.05) is 12.5 Å². The van der Waals surface area contributed by atoms with Crippen molar-refractivity contribution in [3.05, 3.63) is 61.1 Å². The molecule has 0 aromatic heterocycles. The molecule has 3 rings (SSSR count). The second kappa shape index (κ2) is 8.04. The molecule has 2 aliphatic carbocycles. The summed E-state index contributed by atoms with van der Waals surface area (Å²) in [5.41, 5.74) is 3.99. The van der Waals surface area contributed by atoms with Gasteiger partial charge in [0.05, 0.1) is 11.7 Å². The lowest BCUT2D eigenvalue weighted by Gasteiger charge is -2.33. The van der Waals surface area contributed by atoms with Gasteiger partial charge in [0.15, 0.2) is 0 Å². The molecule has 0 aliphatic heterocycles. The number of benzene rings is 1. The molecule has 0 heterocycles. The van der Waals surface area contributed by atoms with Crippen molar-refractivity contribution in [3.63, 3.8) is 0 Å². The summed E-state index contributed by atoms with van der Waals surface area (Å²) in [7, 11) is 0. The summed E-state index contributed by atoms with van der Waals surface area (Å²) in [6.07, 6.45) is 14.6. The van der Waals surface area contributed by atoms with Crippen molar-refractivity contribution in [1.29, 1.82) is 0 Å². The molecule has 2 aliphatic rings. The van der Waals surface area contributed by atoms with E-state index in [0.717, 1.165) is 24.4 Å². The van der Waals surface area contributed by atoms with Crippen molar-refractivity contribution in [1.82, 2.24) is 10.7 Å².